The Morgan fingerprint density at radius 1 is 1.47 bits per heavy atom. The molecule has 17 heavy (non-hydrogen) atoms. The SMILES string of the molecule is COc1ccc(CC(C)NCCCO)cc1N. The zero-order chi connectivity index (χ0) is 12.7. The Bertz CT molecular complexity index is 342. The average Bonchev–Trinajstić information content (AvgIpc) is 2.29. The summed E-state index contributed by atoms with van der Waals surface area (Å²) in [5.74, 6) is 0.717. The van der Waals surface area contributed by atoms with Gasteiger partial charge in [0, 0.05) is 12.6 Å². The van der Waals surface area contributed by atoms with Crippen LogP contribution in [-0.4, -0.2) is 31.4 Å². The van der Waals surface area contributed by atoms with Crippen LogP contribution in [-0.2, 0) is 6.42 Å². The highest BCUT2D eigenvalue weighted by Crippen LogP contribution is 2.22. The van der Waals surface area contributed by atoms with Crippen LogP contribution < -0.4 is 15.8 Å². The monoisotopic (exact) mass is 238 g/mol. The molecule has 0 aliphatic carbocycles. The van der Waals surface area contributed by atoms with E-state index >= 15 is 0 Å². The molecule has 0 aliphatic rings. The third-order valence-corrected chi connectivity index (χ3v) is 2.66. The fourth-order valence-electron chi connectivity index (χ4n) is 1.76. The largest absolute Gasteiger partial charge is 0.495 e. The molecular weight excluding hydrogens is 216 g/mol. The van der Waals surface area contributed by atoms with E-state index in [2.05, 4.69) is 12.2 Å². The zero-order valence-corrected chi connectivity index (χ0v) is 10.6. The number of nitrogens with two attached hydrogens (primary N) is 1. The summed E-state index contributed by atoms with van der Waals surface area (Å²) in [6.07, 6.45) is 1.70. The van der Waals surface area contributed by atoms with Gasteiger partial charge in [-0.1, -0.05) is 6.07 Å². The summed E-state index contributed by atoms with van der Waals surface area (Å²) in [4.78, 5) is 0. The fourth-order valence-corrected chi connectivity index (χ4v) is 1.76. The Hall–Kier alpha value is -1.26. The minimum atomic E-state index is 0.231. The Morgan fingerprint density at radius 3 is 2.82 bits per heavy atom. The van der Waals surface area contributed by atoms with Crippen LogP contribution in [0.2, 0.25) is 0 Å². The molecule has 1 aromatic carbocycles. The molecule has 1 aromatic rings. The van der Waals surface area contributed by atoms with Gasteiger partial charge in [-0.25, -0.2) is 0 Å². The molecule has 0 amide bonds. The maximum absolute atomic E-state index is 8.69. The van der Waals surface area contributed by atoms with Crippen LogP contribution in [0.3, 0.4) is 0 Å². The molecule has 1 unspecified atom stereocenters. The lowest BCUT2D eigenvalue weighted by Crippen LogP contribution is -2.29. The number of aliphatic hydroxyl groups is 1. The Balaban J connectivity index is 2.48. The number of hydrogen-bond donors (Lipinski definition) is 3. The highest BCUT2D eigenvalue weighted by molar-refractivity contribution is 5.54. The van der Waals surface area contributed by atoms with E-state index in [4.69, 9.17) is 15.6 Å². The Labute approximate surface area is 103 Å². The van der Waals surface area contributed by atoms with Gasteiger partial charge in [0.05, 0.1) is 12.8 Å². The molecule has 4 heteroatoms. The maximum Gasteiger partial charge on any atom is 0.141 e. The summed E-state index contributed by atoms with van der Waals surface area (Å²) in [5.41, 5.74) is 7.71. The first kappa shape index (κ1) is 13.8. The van der Waals surface area contributed by atoms with Crippen molar-refractivity contribution in [2.45, 2.75) is 25.8 Å². The summed E-state index contributed by atoms with van der Waals surface area (Å²) in [5, 5.41) is 12.0. The van der Waals surface area contributed by atoms with Crippen LogP contribution in [0.5, 0.6) is 5.75 Å². The Kier molecular flexibility index (Phi) is 5.80. The van der Waals surface area contributed by atoms with Gasteiger partial charge in [-0.05, 0) is 44.0 Å². The summed E-state index contributed by atoms with van der Waals surface area (Å²) in [7, 11) is 1.62. The summed E-state index contributed by atoms with van der Waals surface area (Å²) >= 11 is 0. The zero-order valence-electron chi connectivity index (χ0n) is 10.6. The van der Waals surface area contributed by atoms with E-state index in [0.717, 1.165) is 25.1 Å². The lowest BCUT2D eigenvalue weighted by Gasteiger charge is -2.14. The third kappa shape index (κ3) is 4.63. The smallest absolute Gasteiger partial charge is 0.141 e. The van der Waals surface area contributed by atoms with Crippen molar-refractivity contribution in [1.29, 1.82) is 0 Å². The lowest BCUT2D eigenvalue weighted by atomic mass is 10.1. The molecule has 0 fully saturated rings. The lowest BCUT2D eigenvalue weighted by molar-refractivity contribution is 0.283. The molecule has 1 rings (SSSR count). The van der Waals surface area contributed by atoms with Gasteiger partial charge in [-0.15, -0.1) is 0 Å². The second kappa shape index (κ2) is 7.14. The molecule has 1 atom stereocenters. The molecule has 0 aliphatic heterocycles. The van der Waals surface area contributed by atoms with E-state index < -0.39 is 0 Å². The number of rotatable bonds is 7. The van der Waals surface area contributed by atoms with Gasteiger partial charge in [0.2, 0.25) is 0 Å². The van der Waals surface area contributed by atoms with E-state index in [1.54, 1.807) is 7.11 Å². The summed E-state index contributed by atoms with van der Waals surface area (Å²) in [6, 6.07) is 6.24. The van der Waals surface area contributed by atoms with Crippen molar-refractivity contribution in [3.63, 3.8) is 0 Å². The molecule has 0 spiro atoms. The molecule has 0 bridgehead atoms. The highest BCUT2D eigenvalue weighted by Gasteiger charge is 2.05. The standard InChI is InChI=1S/C13H22N2O2/c1-10(15-6-3-7-16)8-11-4-5-13(17-2)12(14)9-11/h4-5,9-10,15-16H,3,6-8,14H2,1-2H3. The van der Waals surface area contributed by atoms with Gasteiger partial charge < -0.3 is 20.9 Å². The highest BCUT2D eigenvalue weighted by atomic mass is 16.5. The molecule has 96 valence electrons. The van der Waals surface area contributed by atoms with E-state index in [-0.39, 0.29) is 6.61 Å². The molecule has 4 N–H and O–H groups in total. The van der Waals surface area contributed by atoms with Gasteiger partial charge in [0.25, 0.3) is 0 Å². The van der Waals surface area contributed by atoms with Gasteiger partial charge in [-0.3, -0.25) is 0 Å². The first-order chi connectivity index (χ1) is 8.17. The number of nitrogen functional groups attached to an aromatic ring is 1. The number of hydrogen-bond acceptors (Lipinski definition) is 4. The number of nitrogens with one attached hydrogen (secondary N) is 1. The van der Waals surface area contributed by atoms with Crippen LogP contribution in [0.4, 0.5) is 5.69 Å². The minimum absolute atomic E-state index is 0.231. The topological polar surface area (TPSA) is 67.5 Å². The second-order valence-corrected chi connectivity index (χ2v) is 4.21. The molecule has 0 saturated heterocycles. The number of anilines is 1. The number of benzene rings is 1. The van der Waals surface area contributed by atoms with Gasteiger partial charge in [0.15, 0.2) is 0 Å². The maximum atomic E-state index is 8.69. The van der Waals surface area contributed by atoms with Crippen LogP contribution >= 0.6 is 0 Å². The summed E-state index contributed by atoms with van der Waals surface area (Å²) < 4.78 is 5.12. The van der Waals surface area contributed by atoms with Gasteiger partial charge in [0.1, 0.15) is 5.75 Å². The molecule has 0 radical (unpaired) electrons. The quantitative estimate of drug-likeness (QED) is 0.493. The van der Waals surface area contributed by atoms with Crippen molar-refractivity contribution < 1.29 is 9.84 Å². The molecular formula is C13H22N2O2. The van der Waals surface area contributed by atoms with E-state index in [1.165, 1.54) is 5.56 Å². The van der Waals surface area contributed by atoms with E-state index in [9.17, 15) is 0 Å². The van der Waals surface area contributed by atoms with Crippen LogP contribution in [0.25, 0.3) is 0 Å². The molecule has 0 heterocycles. The second-order valence-electron chi connectivity index (χ2n) is 4.21. The van der Waals surface area contributed by atoms with Gasteiger partial charge in [-0.2, -0.15) is 0 Å². The van der Waals surface area contributed by atoms with E-state index in [1.807, 2.05) is 18.2 Å². The predicted molar refractivity (Wildman–Crippen MR) is 70.3 cm³/mol. The average molecular weight is 238 g/mol. The van der Waals surface area contributed by atoms with Crippen LogP contribution in [0.1, 0.15) is 18.9 Å². The summed E-state index contributed by atoms with van der Waals surface area (Å²) in [6.45, 7) is 3.19. The van der Waals surface area contributed by atoms with Gasteiger partial charge >= 0.3 is 0 Å². The van der Waals surface area contributed by atoms with Crippen LogP contribution in [0.15, 0.2) is 18.2 Å². The number of aliphatic hydroxyl groups excluding tert-OH is 1. The molecule has 4 nitrogen and oxygen atoms in total. The first-order valence-electron chi connectivity index (χ1n) is 5.94. The van der Waals surface area contributed by atoms with Crippen molar-refractivity contribution in [2.75, 3.05) is 26.0 Å². The van der Waals surface area contributed by atoms with Crippen LogP contribution in [0, 0.1) is 0 Å². The molecule has 0 saturated carbocycles. The van der Waals surface area contributed by atoms with Crippen molar-refractivity contribution in [2.24, 2.45) is 0 Å². The van der Waals surface area contributed by atoms with Crippen molar-refractivity contribution in [3.05, 3.63) is 23.8 Å². The van der Waals surface area contributed by atoms with Crippen molar-refractivity contribution >= 4 is 5.69 Å². The predicted octanol–water partition coefficient (Wildman–Crippen LogP) is 1.18. The van der Waals surface area contributed by atoms with E-state index in [0.29, 0.717) is 11.7 Å². The number of ether oxygens (including phenoxy) is 1. The Morgan fingerprint density at radius 2 is 2.24 bits per heavy atom. The fraction of sp³-hybridized carbons (Fsp3) is 0.538. The molecule has 0 aromatic heterocycles. The van der Waals surface area contributed by atoms with Crippen molar-refractivity contribution in [3.8, 4) is 5.75 Å². The third-order valence-electron chi connectivity index (χ3n) is 2.66. The first-order valence-corrected chi connectivity index (χ1v) is 5.94. The minimum Gasteiger partial charge on any atom is -0.495 e. The normalized spacial score (nSPS) is 12.4. The van der Waals surface area contributed by atoms with Crippen molar-refractivity contribution in [1.82, 2.24) is 5.32 Å². The number of methoxy groups -OCH3 is 1.